The van der Waals surface area contributed by atoms with Crippen LogP contribution >= 0.6 is 23.2 Å². The maximum Gasteiger partial charge on any atom is 0.338 e. The molecule has 1 aromatic heterocycles. The monoisotopic (exact) mass is 413 g/mol. The Bertz CT molecular complexity index is 715. The molecule has 0 saturated heterocycles. The van der Waals surface area contributed by atoms with Crippen molar-refractivity contribution in [3.63, 3.8) is 0 Å². The molecule has 1 aliphatic carbocycles. The van der Waals surface area contributed by atoms with Gasteiger partial charge in [-0.2, -0.15) is 0 Å². The summed E-state index contributed by atoms with van der Waals surface area (Å²) >= 11 is 11.5. The summed E-state index contributed by atoms with van der Waals surface area (Å²) in [6.07, 6.45) is 5.85. The predicted octanol–water partition coefficient (Wildman–Crippen LogP) is 4.04. The molecule has 1 saturated carbocycles. The van der Waals surface area contributed by atoms with Crippen LogP contribution in [-0.4, -0.2) is 35.9 Å². The topological polar surface area (TPSA) is 82.6 Å². The van der Waals surface area contributed by atoms with Crippen LogP contribution < -0.4 is 0 Å². The van der Waals surface area contributed by atoms with Crippen molar-refractivity contribution in [2.24, 2.45) is 11.8 Å². The number of ether oxygens (including phenoxy) is 2. The highest BCUT2D eigenvalue weighted by Crippen LogP contribution is 2.34. The summed E-state index contributed by atoms with van der Waals surface area (Å²) < 4.78 is 10.1. The fourth-order valence-corrected chi connectivity index (χ4v) is 3.52. The normalized spacial score (nSPS) is 19.4. The first-order chi connectivity index (χ1) is 12.9. The average Bonchev–Trinajstić information content (AvgIpc) is 2.95. The first-order valence-corrected chi connectivity index (χ1v) is 9.43. The summed E-state index contributed by atoms with van der Waals surface area (Å²) in [6.45, 7) is 1.78. The molecule has 0 N–H and O–H groups in total. The molecule has 0 radical (unpaired) electrons. The Balaban J connectivity index is 1.72. The van der Waals surface area contributed by atoms with Crippen LogP contribution in [0.2, 0.25) is 10.3 Å². The fourth-order valence-electron chi connectivity index (χ4n) is 3.06. The quantitative estimate of drug-likeness (QED) is 0.276. The van der Waals surface area contributed by atoms with Gasteiger partial charge in [0.05, 0.1) is 5.56 Å². The van der Waals surface area contributed by atoms with Crippen molar-refractivity contribution in [1.29, 1.82) is 0 Å². The number of carbonyl (C=O) groups is 3. The van der Waals surface area contributed by atoms with E-state index in [1.165, 1.54) is 12.1 Å². The molecule has 27 heavy (non-hydrogen) atoms. The molecule has 1 fully saturated rings. The van der Waals surface area contributed by atoms with Gasteiger partial charge in [0.2, 0.25) is 0 Å². The number of aromatic nitrogens is 1. The molecule has 1 heterocycles. The third-order valence-corrected chi connectivity index (χ3v) is 4.72. The molecule has 0 aliphatic heterocycles. The lowest BCUT2D eigenvalue weighted by Gasteiger charge is -2.16. The predicted molar refractivity (Wildman–Crippen MR) is 101 cm³/mol. The lowest BCUT2D eigenvalue weighted by atomic mass is 9.90. The number of pyridine rings is 1. The van der Waals surface area contributed by atoms with E-state index in [0.29, 0.717) is 12.8 Å². The van der Waals surface area contributed by atoms with Gasteiger partial charge in [-0.05, 0) is 37.3 Å². The summed E-state index contributed by atoms with van der Waals surface area (Å²) in [5.41, 5.74) is 0.169. The van der Waals surface area contributed by atoms with Crippen LogP contribution in [0.5, 0.6) is 0 Å². The van der Waals surface area contributed by atoms with Crippen LogP contribution in [0.4, 0.5) is 0 Å². The van der Waals surface area contributed by atoms with Crippen molar-refractivity contribution < 1.29 is 23.9 Å². The third kappa shape index (κ3) is 6.96. The standard InChI is InChI=1S/C19H21Cl2NO5/c1-2-3-4-12-7-15(23)8-13(12)11-18(24)26-5-6-27-19(25)14-9-16(20)22-17(21)10-14/h2-3,9-10,12-13H,4-8,11H2,1H3. The molecular weight excluding hydrogens is 393 g/mol. The van der Waals surface area contributed by atoms with Gasteiger partial charge in [0.1, 0.15) is 29.3 Å². The smallest absolute Gasteiger partial charge is 0.338 e. The second-order valence-corrected chi connectivity index (χ2v) is 7.11. The number of Topliss-reactive ketones (excluding diaryl/α,β-unsaturated/α-hetero) is 1. The fraction of sp³-hybridized carbons (Fsp3) is 0.474. The Kier molecular flexibility index (Phi) is 8.25. The number of hydrogen-bond donors (Lipinski definition) is 0. The number of allylic oxidation sites excluding steroid dienone is 2. The molecule has 8 heteroatoms. The SMILES string of the molecule is CC=CCC1CC(=O)CC1CC(=O)OCCOC(=O)c1cc(Cl)nc(Cl)c1. The Morgan fingerprint density at radius 3 is 2.44 bits per heavy atom. The van der Waals surface area contributed by atoms with E-state index in [1.807, 2.05) is 19.1 Å². The third-order valence-electron chi connectivity index (χ3n) is 4.33. The summed E-state index contributed by atoms with van der Waals surface area (Å²) in [6, 6.07) is 2.67. The zero-order valence-electron chi connectivity index (χ0n) is 15.0. The van der Waals surface area contributed by atoms with Crippen LogP contribution in [-0.2, 0) is 19.1 Å². The van der Waals surface area contributed by atoms with E-state index in [4.69, 9.17) is 32.7 Å². The maximum absolute atomic E-state index is 12.0. The molecule has 1 aliphatic rings. The Morgan fingerprint density at radius 2 is 1.78 bits per heavy atom. The van der Waals surface area contributed by atoms with Crippen molar-refractivity contribution >= 4 is 40.9 Å². The van der Waals surface area contributed by atoms with Gasteiger partial charge >= 0.3 is 11.9 Å². The lowest BCUT2D eigenvalue weighted by Crippen LogP contribution is -2.18. The van der Waals surface area contributed by atoms with Crippen LogP contribution in [0, 0.1) is 11.8 Å². The number of ketones is 1. The van der Waals surface area contributed by atoms with E-state index in [1.54, 1.807) is 0 Å². The minimum absolute atomic E-state index is 0.00449. The molecular formula is C19H21Cl2NO5. The van der Waals surface area contributed by atoms with Gasteiger partial charge in [-0.1, -0.05) is 35.4 Å². The van der Waals surface area contributed by atoms with E-state index in [2.05, 4.69) is 4.98 Å². The summed E-state index contributed by atoms with van der Waals surface area (Å²) in [7, 11) is 0. The molecule has 6 nitrogen and oxygen atoms in total. The van der Waals surface area contributed by atoms with Gasteiger partial charge < -0.3 is 9.47 Å². The Hall–Kier alpha value is -1.92. The molecule has 2 atom stereocenters. The molecule has 2 unspecified atom stereocenters. The highest BCUT2D eigenvalue weighted by Gasteiger charge is 2.33. The number of esters is 2. The van der Waals surface area contributed by atoms with E-state index >= 15 is 0 Å². The zero-order valence-corrected chi connectivity index (χ0v) is 16.5. The molecule has 1 aromatic rings. The number of carbonyl (C=O) groups excluding carboxylic acids is 3. The van der Waals surface area contributed by atoms with E-state index in [0.717, 1.165) is 6.42 Å². The second-order valence-electron chi connectivity index (χ2n) is 6.33. The van der Waals surface area contributed by atoms with E-state index < -0.39 is 11.9 Å². The highest BCUT2D eigenvalue weighted by molar-refractivity contribution is 6.32. The first kappa shape index (κ1) is 21.4. The number of halogens is 2. The molecule has 0 aromatic carbocycles. The van der Waals surface area contributed by atoms with Crippen molar-refractivity contribution in [1.82, 2.24) is 4.98 Å². The van der Waals surface area contributed by atoms with Gasteiger partial charge in [-0.25, -0.2) is 9.78 Å². The van der Waals surface area contributed by atoms with Crippen LogP contribution in [0.1, 0.15) is 43.0 Å². The van der Waals surface area contributed by atoms with Gasteiger partial charge in [-0.3, -0.25) is 9.59 Å². The number of hydrogen-bond acceptors (Lipinski definition) is 6. The average molecular weight is 414 g/mol. The molecule has 0 spiro atoms. The van der Waals surface area contributed by atoms with Crippen LogP contribution in [0.15, 0.2) is 24.3 Å². The lowest BCUT2D eigenvalue weighted by molar-refractivity contribution is -0.146. The van der Waals surface area contributed by atoms with Crippen molar-refractivity contribution in [2.45, 2.75) is 32.6 Å². The highest BCUT2D eigenvalue weighted by atomic mass is 35.5. The minimum Gasteiger partial charge on any atom is -0.462 e. The maximum atomic E-state index is 12.0. The zero-order chi connectivity index (χ0) is 19.8. The van der Waals surface area contributed by atoms with Gasteiger partial charge in [0.25, 0.3) is 0 Å². The number of nitrogens with zero attached hydrogens (tertiary/aromatic N) is 1. The van der Waals surface area contributed by atoms with Crippen molar-refractivity contribution in [3.05, 3.63) is 40.2 Å². The van der Waals surface area contributed by atoms with Crippen LogP contribution in [0.3, 0.4) is 0 Å². The summed E-state index contributed by atoms with van der Waals surface area (Å²) in [5, 5.41) is 0.166. The number of rotatable bonds is 8. The summed E-state index contributed by atoms with van der Waals surface area (Å²) in [4.78, 5) is 39.3. The van der Waals surface area contributed by atoms with Gasteiger partial charge in [0.15, 0.2) is 0 Å². The van der Waals surface area contributed by atoms with E-state index in [-0.39, 0.29) is 53.1 Å². The second kappa shape index (κ2) is 10.4. The molecule has 2 rings (SSSR count). The molecule has 0 amide bonds. The van der Waals surface area contributed by atoms with Gasteiger partial charge in [-0.15, -0.1) is 0 Å². The first-order valence-electron chi connectivity index (χ1n) is 8.67. The Labute approximate surface area is 167 Å². The van der Waals surface area contributed by atoms with E-state index in [9.17, 15) is 14.4 Å². The Morgan fingerprint density at radius 1 is 1.15 bits per heavy atom. The van der Waals surface area contributed by atoms with Crippen LogP contribution in [0.25, 0.3) is 0 Å². The van der Waals surface area contributed by atoms with Crippen molar-refractivity contribution in [2.75, 3.05) is 13.2 Å². The minimum atomic E-state index is -0.634. The molecule has 0 bridgehead atoms. The van der Waals surface area contributed by atoms with Crippen molar-refractivity contribution in [3.8, 4) is 0 Å². The largest absolute Gasteiger partial charge is 0.462 e. The summed E-state index contributed by atoms with van der Waals surface area (Å²) in [5.74, 6) is -0.660. The molecule has 146 valence electrons. The van der Waals surface area contributed by atoms with Gasteiger partial charge in [0, 0.05) is 19.3 Å².